The summed E-state index contributed by atoms with van der Waals surface area (Å²) >= 11 is 12.2. The van der Waals surface area contributed by atoms with Crippen LogP contribution >= 0.6 is 23.2 Å². The first-order valence-electron chi connectivity index (χ1n) is 12.6. The average Bonchev–Trinajstić information content (AvgIpc) is 3.37. The highest BCUT2D eigenvalue weighted by atomic mass is 35.5. The molecule has 34 heavy (non-hydrogen) atoms. The lowest BCUT2D eigenvalue weighted by Gasteiger charge is -2.41. The van der Waals surface area contributed by atoms with Gasteiger partial charge in [0.2, 0.25) is 5.91 Å². The van der Waals surface area contributed by atoms with Gasteiger partial charge in [0.15, 0.2) is 0 Å². The second kappa shape index (κ2) is 12.5. The summed E-state index contributed by atoms with van der Waals surface area (Å²) in [5.41, 5.74) is 0.477. The largest absolute Gasteiger partial charge is 0.379 e. The summed E-state index contributed by atoms with van der Waals surface area (Å²) in [6.07, 6.45) is 5.54. The molecule has 0 spiro atoms. The van der Waals surface area contributed by atoms with Gasteiger partial charge >= 0.3 is 0 Å². The van der Waals surface area contributed by atoms with Crippen molar-refractivity contribution in [3.63, 3.8) is 0 Å². The molecule has 3 aliphatic rings. The molecule has 3 fully saturated rings. The molecule has 2 amide bonds. The molecule has 1 aliphatic carbocycles. The van der Waals surface area contributed by atoms with E-state index in [1.165, 1.54) is 12.8 Å². The standard InChI is InChI=1S/C25H36Cl2N4O3/c26-20-6-7-21(22(27)18-20)25(33)31-12-10-30(11-13-31)23(19-4-1-2-5-19)24(32)28-8-3-9-29-14-16-34-17-15-29/h6-7,18-19,23H,1-5,8-17H2,(H,28,32)/t23-/m1/s1. The molecule has 0 unspecified atom stereocenters. The van der Waals surface area contributed by atoms with E-state index in [-0.39, 0.29) is 17.9 Å². The molecule has 9 heteroatoms. The number of morpholine rings is 1. The van der Waals surface area contributed by atoms with Gasteiger partial charge in [-0.3, -0.25) is 19.4 Å². The second-order valence-electron chi connectivity index (χ2n) is 9.54. The Morgan fingerprint density at radius 2 is 1.74 bits per heavy atom. The molecule has 0 bridgehead atoms. The Hall–Kier alpha value is -1.38. The highest BCUT2D eigenvalue weighted by Gasteiger charge is 2.37. The number of carbonyl (C=O) groups is 2. The zero-order valence-corrected chi connectivity index (χ0v) is 21.3. The van der Waals surface area contributed by atoms with Crippen LogP contribution in [0.5, 0.6) is 0 Å². The number of carbonyl (C=O) groups excluding carboxylic acids is 2. The van der Waals surface area contributed by atoms with Gasteiger partial charge in [0.25, 0.3) is 5.91 Å². The molecule has 2 heterocycles. The van der Waals surface area contributed by atoms with Crippen molar-refractivity contribution in [3.8, 4) is 0 Å². The number of halogens is 2. The molecular formula is C25H36Cl2N4O3. The summed E-state index contributed by atoms with van der Waals surface area (Å²) in [7, 11) is 0. The predicted molar refractivity (Wildman–Crippen MR) is 135 cm³/mol. The predicted octanol–water partition coefficient (Wildman–Crippen LogP) is 3.15. The molecule has 2 saturated heterocycles. The van der Waals surface area contributed by atoms with Crippen molar-refractivity contribution in [2.45, 2.75) is 38.1 Å². The monoisotopic (exact) mass is 510 g/mol. The average molecular weight is 511 g/mol. The Labute approximate surface area is 212 Å². The second-order valence-corrected chi connectivity index (χ2v) is 10.4. The van der Waals surface area contributed by atoms with Crippen molar-refractivity contribution < 1.29 is 14.3 Å². The SMILES string of the molecule is O=C(NCCCN1CCOCC1)[C@@H](C1CCCC1)N1CCN(C(=O)c2ccc(Cl)cc2Cl)CC1. The van der Waals surface area contributed by atoms with Gasteiger partial charge in [0.1, 0.15) is 0 Å². The molecule has 188 valence electrons. The first-order valence-corrected chi connectivity index (χ1v) is 13.3. The lowest BCUT2D eigenvalue weighted by atomic mass is 9.95. The van der Waals surface area contributed by atoms with E-state index in [0.717, 1.165) is 52.1 Å². The number of ether oxygens (including phenoxy) is 1. The van der Waals surface area contributed by atoms with Crippen LogP contribution < -0.4 is 5.32 Å². The van der Waals surface area contributed by atoms with Crippen molar-refractivity contribution in [1.82, 2.24) is 20.0 Å². The Bertz CT molecular complexity index is 835. The van der Waals surface area contributed by atoms with E-state index >= 15 is 0 Å². The Kier molecular flexibility index (Phi) is 9.48. The number of hydrogen-bond acceptors (Lipinski definition) is 5. The number of nitrogens with one attached hydrogen (secondary N) is 1. The summed E-state index contributed by atoms with van der Waals surface area (Å²) in [6.45, 7) is 7.81. The van der Waals surface area contributed by atoms with Crippen molar-refractivity contribution in [2.75, 3.05) is 65.6 Å². The van der Waals surface area contributed by atoms with Crippen LogP contribution in [-0.4, -0.2) is 98.1 Å². The van der Waals surface area contributed by atoms with Gasteiger partial charge in [-0.25, -0.2) is 0 Å². The van der Waals surface area contributed by atoms with Crippen LogP contribution in [0.2, 0.25) is 10.0 Å². The fraction of sp³-hybridized carbons (Fsp3) is 0.680. The molecule has 1 aromatic rings. The maximum Gasteiger partial charge on any atom is 0.255 e. The van der Waals surface area contributed by atoms with Crippen molar-refractivity contribution in [2.24, 2.45) is 5.92 Å². The van der Waals surface area contributed by atoms with Crippen molar-refractivity contribution in [3.05, 3.63) is 33.8 Å². The highest BCUT2D eigenvalue weighted by molar-refractivity contribution is 6.36. The number of rotatable bonds is 8. The van der Waals surface area contributed by atoms with E-state index in [1.54, 1.807) is 18.2 Å². The molecule has 2 aliphatic heterocycles. The quantitative estimate of drug-likeness (QED) is 0.544. The third-order valence-corrected chi connectivity index (χ3v) is 7.87. The van der Waals surface area contributed by atoms with Gasteiger partial charge in [-0.05, 0) is 49.9 Å². The van der Waals surface area contributed by atoms with Crippen LogP contribution in [0.1, 0.15) is 42.5 Å². The summed E-state index contributed by atoms with van der Waals surface area (Å²) in [6, 6.07) is 4.87. The molecule has 1 saturated carbocycles. The molecular weight excluding hydrogens is 475 g/mol. The Morgan fingerprint density at radius 3 is 2.41 bits per heavy atom. The van der Waals surface area contributed by atoms with Gasteiger partial charge in [-0.15, -0.1) is 0 Å². The van der Waals surface area contributed by atoms with Crippen LogP contribution in [0.3, 0.4) is 0 Å². The third-order valence-electron chi connectivity index (χ3n) is 7.33. The molecule has 1 aromatic carbocycles. The Balaban J connectivity index is 1.30. The third kappa shape index (κ3) is 6.64. The smallest absolute Gasteiger partial charge is 0.255 e. The van der Waals surface area contributed by atoms with Crippen LogP contribution in [0.25, 0.3) is 0 Å². The minimum absolute atomic E-state index is 0.0775. The lowest BCUT2D eigenvalue weighted by Crippen LogP contribution is -2.58. The zero-order valence-electron chi connectivity index (χ0n) is 19.8. The van der Waals surface area contributed by atoms with Crippen LogP contribution in [0, 0.1) is 5.92 Å². The molecule has 7 nitrogen and oxygen atoms in total. The first-order chi connectivity index (χ1) is 16.5. The van der Waals surface area contributed by atoms with Crippen molar-refractivity contribution >= 4 is 35.0 Å². The minimum atomic E-state index is -0.109. The first kappa shape index (κ1) is 25.7. The van der Waals surface area contributed by atoms with Crippen LogP contribution in [-0.2, 0) is 9.53 Å². The van der Waals surface area contributed by atoms with E-state index in [0.29, 0.717) is 54.3 Å². The van der Waals surface area contributed by atoms with E-state index in [9.17, 15) is 9.59 Å². The van der Waals surface area contributed by atoms with E-state index in [1.807, 2.05) is 4.90 Å². The van der Waals surface area contributed by atoms with Gasteiger partial charge in [-0.1, -0.05) is 36.0 Å². The van der Waals surface area contributed by atoms with Crippen molar-refractivity contribution in [1.29, 1.82) is 0 Å². The molecule has 0 radical (unpaired) electrons. The zero-order chi connectivity index (χ0) is 23.9. The van der Waals surface area contributed by atoms with E-state index < -0.39 is 0 Å². The van der Waals surface area contributed by atoms with Gasteiger partial charge in [0, 0.05) is 50.8 Å². The van der Waals surface area contributed by atoms with Gasteiger partial charge in [0.05, 0.1) is 29.8 Å². The van der Waals surface area contributed by atoms with E-state index in [2.05, 4.69) is 15.1 Å². The minimum Gasteiger partial charge on any atom is -0.379 e. The van der Waals surface area contributed by atoms with Crippen LogP contribution in [0.4, 0.5) is 0 Å². The molecule has 1 atom stereocenters. The number of benzene rings is 1. The lowest BCUT2D eigenvalue weighted by molar-refractivity contribution is -0.129. The summed E-state index contributed by atoms with van der Waals surface area (Å²) in [4.78, 5) is 32.8. The van der Waals surface area contributed by atoms with Gasteiger partial charge < -0.3 is 15.0 Å². The summed E-state index contributed by atoms with van der Waals surface area (Å²) in [5, 5.41) is 4.11. The fourth-order valence-corrected chi connectivity index (χ4v) is 5.92. The molecule has 1 N–H and O–H groups in total. The maximum absolute atomic E-state index is 13.3. The number of amides is 2. The Morgan fingerprint density at radius 1 is 1.03 bits per heavy atom. The molecule has 4 rings (SSSR count). The normalized spacial score (nSPS) is 21.5. The van der Waals surface area contributed by atoms with Crippen LogP contribution in [0.15, 0.2) is 18.2 Å². The summed E-state index contributed by atoms with van der Waals surface area (Å²) < 4.78 is 5.40. The molecule has 0 aromatic heterocycles. The van der Waals surface area contributed by atoms with Gasteiger partial charge in [-0.2, -0.15) is 0 Å². The highest BCUT2D eigenvalue weighted by Crippen LogP contribution is 2.31. The maximum atomic E-state index is 13.3. The number of hydrogen-bond donors (Lipinski definition) is 1. The summed E-state index contributed by atoms with van der Waals surface area (Å²) in [5.74, 6) is 0.466. The number of piperazine rings is 1. The number of nitrogens with zero attached hydrogens (tertiary/aromatic N) is 3. The fourth-order valence-electron chi connectivity index (χ4n) is 5.43. The van der Waals surface area contributed by atoms with E-state index in [4.69, 9.17) is 27.9 Å². The topological polar surface area (TPSA) is 65.1 Å².